The Morgan fingerprint density at radius 1 is 0.375 bits per heavy atom. The highest BCUT2D eigenvalue weighted by molar-refractivity contribution is 7.87. The van der Waals surface area contributed by atoms with Crippen molar-refractivity contribution in [2.75, 3.05) is 11.5 Å². The van der Waals surface area contributed by atoms with Crippen LogP contribution in [0.3, 0.4) is 0 Å². The number of benzene rings is 6. The highest BCUT2D eigenvalue weighted by Gasteiger charge is 2.28. The zero-order chi connectivity index (χ0) is 47.9. The molecule has 0 unspecified atom stereocenters. The number of fused-ring (bicyclic) bond motifs is 2. The lowest BCUT2D eigenvalue weighted by molar-refractivity contribution is 0.471. The quantitative estimate of drug-likeness (QED) is 0.0483. The molecule has 12 N–H and O–H groups in total. The number of phenolic OH excluding ortho intramolecular Hbond substituents is 2. The van der Waals surface area contributed by atoms with Gasteiger partial charge in [0.25, 0.3) is 60.7 Å². The van der Waals surface area contributed by atoms with E-state index in [1.807, 2.05) is 0 Å². The summed E-state index contributed by atoms with van der Waals surface area (Å²) < 4.78 is 206. The second kappa shape index (κ2) is 15.7. The van der Waals surface area contributed by atoms with E-state index in [0.717, 1.165) is 24.3 Å². The predicted octanol–water partition coefficient (Wildman–Crippen LogP) is 4.55. The fourth-order valence-corrected chi connectivity index (χ4v) is 9.97. The van der Waals surface area contributed by atoms with Crippen molar-refractivity contribution >= 4 is 116 Å². The molecule has 6 aromatic rings. The third kappa shape index (κ3) is 9.32. The SMILES string of the molecule is Nc1cc(S(=O)(=O)O)cc2cc(S(=O)(=O)O)c(N=Nc3ccc(-c4ccc(N=Nc5c(S(=O)(=O)O)cc6cc(S(=O)(=O)O)cc(N)c6c5O)cc4S(=O)(=O)O)c(S(=O)(=O)O)c3)c(O)c12. The van der Waals surface area contributed by atoms with Gasteiger partial charge in [-0.05, 0) is 71.4 Å². The summed E-state index contributed by atoms with van der Waals surface area (Å²) in [7, 11) is -31.3. The van der Waals surface area contributed by atoms with E-state index in [0.29, 0.717) is 48.5 Å². The standard InChI is InChI=1S/C32H24N6O20S6/c33-21-11-17(59(41,42)43)5-13-7-25(63(53,54)55)29(31(39)27(13)21)37-35-15-1-3-19(23(9-15)61(47,48)49)20-4-2-16(10-24(20)62(50,51)52)36-38-30-26(64(56,57)58)8-14-6-18(60(44,45)46)12-22(34)28(14)32(30)40/h1-12,39-40H,33-34H2,(H,41,42,43)(H,44,45,46)(H,47,48,49)(H,50,51,52)(H,53,54,55)(H,56,57,58). The Balaban J connectivity index is 1.48. The van der Waals surface area contributed by atoms with Crippen LogP contribution >= 0.6 is 0 Å². The van der Waals surface area contributed by atoms with Crippen molar-refractivity contribution in [3.8, 4) is 22.6 Å². The number of azo groups is 2. The molecule has 32 heteroatoms. The molecule has 6 aromatic carbocycles. The van der Waals surface area contributed by atoms with Gasteiger partial charge >= 0.3 is 0 Å². The van der Waals surface area contributed by atoms with Crippen LogP contribution in [0.1, 0.15) is 0 Å². The fraction of sp³-hybridized carbons (Fsp3) is 0. The summed E-state index contributed by atoms with van der Waals surface area (Å²) in [4.78, 5) is -6.33. The van der Waals surface area contributed by atoms with Crippen molar-refractivity contribution in [2.24, 2.45) is 20.5 Å². The van der Waals surface area contributed by atoms with Crippen LogP contribution in [-0.4, -0.2) is 88.0 Å². The highest BCUT2D eigenvalue weighted by Crippen LogP contribution is 2.47. The molecule has 0 aliphatic carbocycles. The van der Waals surface area contributed by atoms with Crippen molar-refractivity contribution in [1.29, 1.82) is 0 Å². The van der Waals surface area contributed by atoms with Gasteiger partial charge in [0, 0.05) is 33.3 Å². The molecule has 0 amide bonds. The van der Waals surface area contributed by atoms with E-state index >= 15 is 0 Å². The molecule has 0 saturated carbocycles. The maximum absolute atomic E-state index is 12.7. The number of phenols is 2. The normalized spacial score (nSPS) is 13.4. The molecule has 338 valence electrons. The molecule has 0 heterocycles. The van der Waals surface area contributed by atoms with Crippen LogP contribution in [0.4, 0.5) is 34.1 Å². The number of hydrogen-bond donors (Lipinski definition) is 10. The topological polar surface area (TPSA) is 468 Å². The van der Waals surface area contributed by atoms with E-state index in [-0.39, 0.29) is 0 Å². The number of aromatic hydroxyl groups is 2. The number of hydrogen-bond acceptors (Lipinski definition) is 20. The first-order chi connectivity index (χ1) is 29.2. The summed E-state index contributed by atoms with van der Waals surface area (Å²) in [6, 6.07) is 8.52. The van der Waals surface area contributed by atoms with E-state index in [2.05, 4.69) is 20.5 Å². The van der Waals surface area contributed by atoms with Crippen molar-refractivity contribution in [3.05, 3.63) is 72.8 Å². The molecular weight excluding hydrogens is 981 g/mol. The lowest BCUT2D eigenvalue weighted by Crippen LogP contribution is -2.05. The maximum Gasteiger partial charge on any atom is 0.296 e. The Bertz CT molecular complexity index is 3570. The Hall–Kier alpha value is -6.30. The minimum atomic E-state index is -5.41. The van der Waals surface area contributed by atoms with Crippen molar-refractivity contribution in [1.82, 2.24) is 0 Å². The highest BCUT2D eigenvalue weighted by atomic mass is 32.2. The number of rotatable bonds is 11. The first-order valence-corrected chi connectivity index (χ1v) is 25.0. The second-order valence-electron chi connectivity index (χ2n) is 13.0. The predicted molar refractivity (Wildman–Crippen MR) is 219 cm³/mol. The van der Waals surface area contributed by atoms with Crippen LogP contribution in [0.15, 0.2) is 123 Å². The molecule has 6 rings (SSSR count). The summed E-state index contributed by atoms with van der Waals surface area (Å²) in [6.45, 7) is 0. The molecule has 0 aliphatic heterocycles. The molecule has 0 fully saturated rings. The first-order valence-electron chi connectivity index (χ1n) is 16.3. The number of anilines is 2. The Labute approximate surface area is 359 Å². The second-order valence-corrected chi connectivity index (χ2v) is 21.4. The molecule has 0 bridgehead atoms. The summed E-state index contributed by atoms with van der Waals surface area (Å²) in [6.07, 6.45) is 0. The van der Waals surface area contributed by atoms with Crippen molar-refractivity contribution < 1.29 is 88.0 Å². The average molecular weight is 1000 g/mol. The van der Waals surface area contributed by atoms with E-state index in [4.69, 9.17) is 11.5 Å². The maximum atomic E-state index is 12.7. The van der Waals surface area contributed by atoms with Crippen LogP contribution in [0, 0.1) is 0 Å². The number of nitrogens with zero attached hydrogens (tertiary/aromatic N) is 4. The summed E-state index contributed by atoms with van der Waals surface area (Å²) >= 11 is 0. The lowest BCUT2D eigenvalue weighted by atomic mass is 10.0. The van der Waals surface area contributed by atoms with E-state index in [9.17, 15) is 88.0 Å². The molecule has 0 saturated heterocycles. The van der Waals surface area contributed by atoms with E-state index in [1.165, 1.54) is 0 Å². The fourth-order valence-electron chi connectivity index (χ4n) is 6.10. The van der Waals surface area contributed by atoms with Gasteiger partial charge in [-0.15, -0.1) is 10.2 Å². The third-order valence-corrected chi connectivity index (χ3v) is 14.0. The summed E-state index contributed by atoms with van der Waals surface area (Å²) in [5.74, 6) is -2.23. The molecule has 0 aliphatic rings. The van der Waals surface area contributed by atoms with Gasteiger partial charge in [0.2, 0.25) is 0 Å². The zero-order valence-electron chi connectivity index (χ0n) is 30.8. The summed E-state index contributed by atoms with van der Waals surface area (Å²) in [5, 5.41) is 34.6. The molecular formula is C32H24N6O20S6. The van der Waals surface area contributed by atoms with Gasteiger partial charge in [-0.3, -0.25) is 27.3 Å². The van der Waals surface area contributed by atoms with Gasteiger partial charge in [-0.1, -0.05) is 12.1 Å². The molecule has 0 spiro atoms. The zero-order valence-corrected chi connectivity index (χ0v) is 35.7. The Morgan fingerprint density at radius 2 is 0.688 bits per heavy atom. The molecule has 26 nitrogen and oxygen atoms in total. The third-order valence-electron chi connectivity index (χ3n) is 8.77. The minimum absolute atomic E-state index is 0.434. The molecule has 0 aromatic heterocycles. The smallest absolute Gasteiger partial charge is 0.296 e. The monoisotopic (exact) mass is 1000 g/mol. The molecule has 0 atom stereocenters. The van der Waals surface area contributed by atoms with Crippen LogP contribution in [0.2, 0.25) is 0 Å². The van der Waals surface area contributed by atoms with Gasteiger partial charge in [0.1, 0.15) is 31.0 Å². The van der Waals surface area contributed by atoms with E-state index < -0.39 is 168 Å². The van der Waals surface area contributed by atoms with Crippen molar-refractivity contribution in [3.63, 3.8) is 0 Å². The Kier molecular flexibility index (Phi) is 11.6. The average Bonchev–Trinajstić information content (AvgIpc) is 3.14. The minimum Gasteiger partial charge on any atom is -0.505 e. The number of nitrogens with two attached hydrogens (primary N) is 2. The van der Waals surface area contributed by atoms with Gasteiger partial charge in [-0.25, -0.2) is 0 Å². The summed E-state index contributed by atoms with van der Waals surface area (Å²) in [5.41, 5.74) is 6.02. The van der Waals surface area contributed by atoms with Gasteiger partial charge in [0.05, 0.1) is 21.2 Å². The number of nitrogen functional groups attached to an aromatic ring is 2. The van der Waals surface area contributed by atoms with Gasteiger partial charge in [-0.2, -0.15) is 60.7 Å². The van der Waals surface area contributed by atoms with Crippen molar-refractivity contribution in [2.45, 2.75) is 29.4 Å². The van der Waals surface area contributed by atoms with Crippen LogP contribution in [0.25, 0.3) is 32.7 Å². The largest absolute Gasteiger partial charge is 0.505 e. The van der Waals surface area contributed by atoms with E-state index in [1.54, 1.807) is 0 Å². The van der Waals surface area contributed by atoms with Crippen LogP contribution in [0.5, 0.6) is 11.5 Å². The molecule has 0 radical (unpaired) electrons. The lowest BCUT2D eigenvalue weighted by Gasteiger charge is -2.13. The van der Waals surface area contributed by atoms with Gasteiger partial charge < -0.3 is 21.7 Å². The molecule has 64 heavy (non-hydrogen) atoms. The first kappa shape index (κ1) is 47.2. The van der Waals surface area contributed by atoms with Crippen LogP contribution in [-0.2, 0) is 60.7 Å². The van der Waals surface area contributed by atoms with Gasteiger partial charge in [0.15, 0.2) is 11.5 Å². The van der Waals surface area contributed by atoms with Crippen LogP contribution < -0.4 is 11.5 Å². The Morgan fingerprint density at radius 3 is 0.969 bits per heavy atom.